The Morgan fingerprint density at radius 2 is 2.12 bits per heavy atom. The maximum absolute atomic E-state index is 12.7. The number of anilines is 1. The normalized spacial score (nSPS) is 19.6. The molecule has 2 aromatic rings. The van der Waals surface area contributed by atoms with Crippen LogP contribution in [-0.4, -0.2) is 11.8 Å². The van der Waals surface area contributed by atoms with Crippen LogP contribution >= 0.6 is 11.3 Å². The highest BCUT2D eigenvalue weighted by atomic mass is 32.1. The van der Waals surface area contributed by atoms with Crippen LogP contribution in [0.3, 0.4) is 0 Å². The van der Waals surface area contributed by atoms with Crippen molar-refractivity contribution in [3.05, 3.63) is 40.2 Å². The van der Waals surface area contributed by atoms with Gasteiger partial charge in [-0.05, 0) is 50.3 Å². The Labute approximate surface area is 144 Å². The summed E-state index contributed by atoms with van der Waals surface area (Å²) in [5, 5.41) is 6.79. The third kappa shape index (κ3) is 2.98. The number of carbonyl (C=O) groups excluding carboxylic acids is 2. The number of amides is 2. The summed E-state index contributed by atoms with van der Waals surface area (Å²) in [4.78, 5) is 25.2. The van der Waals surface area contributed by atoms with Crippen LogP contribution in [-0.2, 0) is 11.2 Å². The zero-order valence-electron chi connectivity index (χ0n) is 13.6. The fraction of sp³-hybridized carbons (Fsp3) is 0.444. The largest absolute Gasteiger partial charge is 0.469 e. The van der Waals surface area contributed by atoms with Crippen molar-refractivity contribution in [2.45, 2.75) is 45.1 Å². The van der Waals surface area contributed by atoms with Crippen molar-refractivity contribution in [3.8, 4) is 0 Å². The summed E-state index contributed by atoms with van der Waals surface area (Å²) in [6.07, 6.45) is 6.50. The van der Waals surface area contributed by atoms with Gasteiger partial charge in [0, 0.05) is 17.9 Å². The zero-order chi connectivity index (χ0) is 16.7. The standard InChI is InChI=1S/C18H20N2O3S/c1-10-9-15(20-17(21)11-5-6-11)24-16(10)18(22)19-13-3-2-4-14-12(13)7-8-23-14/h7-9,11,13H,2-6H2,1H3,(H,19,22)(H,20,21)/t13-/m1/s1. The maximum Gasteiger partial charge on any atom is 0.262 e. The molecule has 1 fully saturated rings. The first-order valence-electron chi connectivity index (χ1n) is 8.40. The highest BCUT2D eigenvalue weighted by molar-refractivity contribution is 7.18. The molecule has 0 spiro atoms. The maximum atomic E-state index is 12.7. The minimum absolute atomic E-state index is 0.00556. The Kier molecular flexibility index (Phi) is 3.92. The molecule has 0 aromatic carbocycles. The van der Waals surface area contributed by atoms with Crippen molar-refractivity contribution in [3.63, 3.8) is 0 Å². The summed E-state index contributed by atoms with van der Waals surface area (Å²) in [5.74, 6) is 1.13. The van der Waals surface area contributed by atoms with Gasteiger partial charge in [0.25, 0.3) is 5.91 Å². The molecule has 6 heteroatoms. The number of nitrogens with one attached hydrogen (secondary N) is 2. The third-order valence-corrected chi connectivity index (χ3v) is 5.83. The molecule has 5 nitrogen and oxygen atoms in total. The molecule has 4 rings (SSSR count). The molecule has 2 aromatic heterocycles. The van der Waals surface area contributed by atoms with Crippen molar-refractivity contribution in [2.75, 3.05) is 5.32 Å². The Hall–Kier alpha value is -2.08. The molecular weight excluding hydrogens is 324 g/mol. The molecule has 126 valence electrons. The van der Waals surface area contributed by atoms with Gasteiger partial charge in [0.05, 0.1) is 22.2 Å². The van der Waals surface area contributed by atoms with E-state index in [0.717, 1.165) is 54.0 Å². The molecule has 1 saturated carbocycles. The van der Waals surface area contributed by atoms with E-state index in [4.69, 9.17) is 4.42 Å². The summed E-state index contributed by atoms with van der Waals surface area (Å²) < 4.78 is 5.48. The molecule has 0 aliphatic heterocycles. The van der Waals surface area contributed by atoms with Gasteiger partial charge in [-0.25, -0.2) is 0 Å². The lowest BCUT2D eigenvalue weighted by Gasteiger charge is -2.22. The Balaban J connectivity index is 1.47. The summed E-state index contributed by atoms with van der Waals surface area (Å²) >= 11 is 1.35. The van der Waals surface area contributed by atoms with Gasteiger partial charge in [-0.15, -0.1) is 11.3 Å². The topological polar surface area (TPSA) is 71.3 Å². The van der Waals surface area contributed by atoms with E-state index in [9.17, 15) is 9.59 Å². The van der Waals surface area contributed by atoms with Crippen LogP contribution < -0.4 is 10.6 Å². The Morgan fingerprint density at radius 3 is 2.92 bits per heavy atom. The van der Waals surface area contributed by atoms with E-state index in [2.05, 4.69) is 10.6 Å². The van der Waals surface area contributed by atoms with Gasteiger partial charge in [-0.2, -0.15) is 0 Å². The highest BCUT2D eigenvalue weighted by Crippen LogP contribution is 2.34. The fourth-order valence-corrected chi connectivity index (χ4v) is 4.18. The molecule has 0 bridgehead atoms. The van der Waals surface area contributed by atoms with Crippen molar-refractivity contribution in [1.82, 2.24) is 5.32 Å². The number of carbonyl (C=O) groups is 2. The number of furan rings is 1. The van der Waals surface area contributed by atoms with Gasteiger partial charge in [-0.3, -0.25) is 9.59 Å². The summed E-state index contributed by atoms with van der Waals surface area (Å²) in [6, 6.07) is 3.83. The van der Waals surface area contributed by atoms with Gasteiger partial charge >= 0.3 is 0 Å². The van der Waals surface area contributed by atoms with Crippen LogP contribution in [0.2, 0.25) is 0 Å². The lowest BCUT2D eigenvalue weighted by Crippen LogP contribution is -2.30. The van der Waals surface area contributed by atoms with Crippen LogP contribution in [0.4, 0.5) is 5.00 Å². The Bertz CT molecular complexity index is 788. The molecule has 2 amide bonds. The first kappa shape index (κ1) is 15.4. The van der Waals surface area contributed by atoms with Gasteiger partial charge in [-0.1, -0.05) is 0 Å². The van der Waals surface area contributed by atoms with Crippen molar-refractivity contribution in [1.29, 1.82) is 0 Å². The molecule has 24 heavy (non-hydrogen) atoms. The average molecular weight is 344 g/mol. The van der Waals surface area contributed by atoms with Crippen LogP contribution in [0.1, 0.15) is 58.3 Å². The number of hydrogen-bond donors (Lipinski definition) is 2. The van der Waals surface area contributed by atoms with Crippen molar-refractivity contribution >= 4 is 28.2 Å². The molecule has 0 unspecified atom stereocenters. The van der Waals surface area contributed by atoms with E-state index in [-0.39, 0.29) is 23.8 Å². The van der Waals surface area contributed by atoms with Gasteiger partial charge in [0.15, 0.2) is 0 Å². The van der Waals surface area contributed by atoms with Crippen LogP contribution in [0.25, 0.3) is 0 Å². The van der Waals surface area contributed by atoms with Gasteiger partial charge in [0.1, 0.15) is 5.76 Å². The lowest BCUT2D eigenvalue weighted by molar-refractivity contribution is -0.117. The number of thiophene rings is 1. The quantitative estimate of drug-likeness (QED) is 0.886. The zero-order valence-corrected chi connectivity index (χ0v) is 14.4. The van der Waals surface area contributed by atoms with E-state index in [1.807, 2.05) is 19.1 Å². The van der Waals surface area contributed by atoms with E-state index < -0.39 is 0 Å². The molecule has 2 aliphatic rings. The molecule has 2 N–H and O–H groups in total. The van der Waals surface area contributed by atoms with Crippen molar-refractivity contribution in [2.24, 2.45) is 5.92 Å². The molecule has 1 atom stereocenters. The second-order valence-electron chi connectivity index (χ2n) is 6.60. The molecule has 2 heterocycles. The average Bonchev–Trinajstić information content (AvgIpc) is 3.18. The summed E-state index contributed by atoms with van der Waals surface area (Å²) in [6.45, 7) is 1.91. The second-order valence-corrected chi connectivity index (χ2v) is 7.66. The van der Waals surface area contributed by atoms with Crippen LogP contribution in [0.5, 0.6) is 0 Å². The van der Waals surface area contributed by atoms with E-state index in [1.54, 1.807) is 6.26 Å². The monoisotopic (exact) mass is 344 g/mol. The molecule has 0 radical (unpaired) electrons. The van der Waals surface area contributed by atoms with Crippen LogP contribution in [0.15, 0.2) is 22.8 Å². The summed E-state index contributed by atoms with van der Waals surface area (Å²) in [7, 11) is 0. The van der Waals surface area contributed by atoms with Crippen LogP contribution in [0, 0.1) is 12.8 Å². The first-order valence-corrected chi connectivity index (χ1v) is 9.22. The molecular formula is C18H20N2O3S. The number of fused-ring (bicyclic) bond motifs is 1. The predicted molar refractivity (Wildman–Crippen MR) is 92.3 cm³/mol. The van der Waals surface area contributed by atoms with E-state index in [1.165, 1.54) is 11.3 Å². The van der Waals surface area contributed by atoms with Gasteiger partial charge < -0.3 is 15.1 Å². The van der Waals surface area contributed by atoms with E-state index >= 15 is 0 Å². The number of aryl methyl sites for hydroxylation is 2. The molecule has 0 saturated heterocycles. The lowest BCUT2D eigenvalue weighted by atomic mass is 9.93. The summed E-state index contributed by atoms with van der Waals surface area (Å²) in [5.41, 5.74) is 1.98. The van der Waals surface area contributed by atoms with Crippen molar-refractivity contribution < 1.29 is 14.0 Å². The predicted octanol–water partition coefficient (Wildman–Crippen LogP) is 3.81. The van der Waals surface area contributed by atoms with Gasteiger partial charge in [0.2, 0.25) is 5.91 Å². The smallest absolute Gasteiger partial charge is 0.262 e. The highest BCUT2D eigenvalue weighted by Gasteiger charge is 2.30. The number of rotatable bonds is 4. The minimum Gasteiger partial charge on any atom is -0.469 e. The molecule has 2 aliphatic carbocycles. The third-order valence-electron chi connectivity index (χ3n) is 4.68. The Morgan fingerprint density at radius 1 is 1.29 bits per heavy atom. The SMILES string of the molecule is Cc1cc(NC(=O)C2CC2)sc1C(=O)N[C@@H]1CCCc2occc21. The van der Waals surface area contributed by atoms with E-state index in [0.29, 0.717) is 4.88 Å². The minimum atomic E-state index is -0.0801. The second kappa shape index (κ2) is 6.09. The fourth-order valence-electron chi connectivity index (χ4n) is 3.20. The first-order chi connectivity index (χ1) is 11.6. The number of hydrogen-bond acceptors (Lipinski definition) is 4.